The molecule has 6 heteroatoms. The van der Waals surface area contributed by atoms with Gasteiger partial charge in [0, 0.05) is 23.9 Å². The van der Waals surface area contributed by atoms with Gasteiger partial charge in [0.05, 0.1) is 11.1 Å². The SMILES string of the molecule is CC(C)Cn1c(SCc2cccc3cccnc23)nnc1-c1ccccc1F. The third-order valence-corrected chi connectivity index (χ3v) is 5.47. The Labute approximate surface area is 167 Å². The molecular formula is C22H21FN4S. The van der Waals surface area contributed by atoms with E-state index in [0.29, 0.717) is 17.3 Å². The number of pyridine rings is 1. The van der Waals surface area contributed by atoms with Crippen LogP contribution in [0.15, 0.2) is 66.0 Å². The van der Waals surface area contributed by atoms with Gasteiger partial charge < -0.3 is 4.57 Å². The summed E-state index contributed by atoms with van der Waals surface area (Å²) in [6, 6.07) is 16.9. The molecule has 2 heterocycles. The molecule has 0 fully saturated rings. The Morgan fingerprint density at radius 1 is 1.00 bits per heavy atom. The highest BCUT2D eigenvalue weighted by Crippen LogP contribution is 2.30. The van der Waals surface area contributed by atoms with Gasteiger partial charge in [-0.1, -0.05) is 62.0 Å². The standard InChI is InChI=1S/C22H21FN4S/c1-15(2)13-27-21(18-10-3-4-11-19(18)23)25-26-22(27)28-14-17-8-5-7-16-9-6-12-24-20(16)17/h3-12,15H,13-14H2,1-2H3. The Hall–Kier alpha value is -2.73. The molecule has 2 aromatic heterocycles. The van der Waals surface area contributed by atoms with Gasteiger partial charge in [0.2, 0.25) is 0 Å². The van der Waals surface area contributed by atoms with Crippen molar-refractivity contribution in [2.45, 2.75) is 31.3 Å². The van der Waals surface area contributed by atoms with E-state index in [-0.39, 0.29) is 5.82 Å². The van der Waals surface area contributed by atoms with Crippen LogP contribution in [0.1, 0.15) is 19.4 Å². The summed E-state index contributed by atoms with van der Waals surface area (Å²) in [6.07, 6.45) is 1.81. The fraction of sp³-hybridized carbons (Fsp3) is 0.227. The highest BCUT2D eigenvalue weighted by Gasteiger charge is 2.18. The molecule has 0 atom stereocenters. The number of halogens is 1. The zero-order valence-corrected chi connectivity index (χ0v) is 16.7. The van der Waals surface area contributed by atoms with E-state index in [1.165, 1.54) is 6.07 Å². The third kappa shape index (κ3) is 3.78. The molecule has 4 rings (SSSR count). The molecule has 0 aliphatic heterocycles. The quantitative estimate of drug-likeness (QED) is 0.402. The summed E-state index contributed by atoms with van der Waals surface area (Å²) >= 11 is 1.61. The number of benzene rings is 2. The molecule has 0 amide bonds. The number of aromatic nitrogens is 4. The van der Waals surface area contributed by atoms with E-state index in [4.69, 9.17) is 0 Å². The van der Waals surface area contributed by atoms with Crippen LogP contribution in [0.4, 0.5) is 4.39 Å². The lowest BCUT2D eigenvalue weighted by Crippen LogP contribution is -2.08. The summed E-state index contributed by atoms with van der Waals surface area (Å²) in [6.45, 7) is 5.00. The first kappa shape index (κ1) is 18.6. The molecular weight excluding hydrogens is 371 g/mol. The van der Waals surface area contributed by atoms with Crippen LogP contribution in [0.5, 0.6) is 0 Å². The molecule has 0 radical (unpaired) electrons. The molecule has 0 bridgehead atoms. The first-order chi connectivity index (χ1) is 13.6. The Morgan fingerprint density at radius 3 is 2.64 bits per heavy atom. The number of hydrogen-bond donors (Lipinski definition) is 0. The first-order valence-electron chi connectivity index (χ1n) is 9.27. The summed E-state index contributed by atoms with van der Waals surface area (Å²) in [5.41, 5.74) is 2.63. The molecule has 0 unspecified atom stereocenters. The minimum Gasteiger partial charge on any atom is -0.302 e. The van der Waals surface area contributed by atoms with Gasteiger partial charge in [-0.15, -0.1) is 10.2 Å². The maximum absolute atomic E-state index is 14.3. The van der Waals surface area contributed by atoms with Crippen LogP contribution in [0.25, 0.3) is 22.3 Å². The molecule has 0 saturated carbocycles. The van der Waals surface area contributed by atoms with Crippen LogP contribution in [0, 0.1) is 11.7 Å². The van der Waals surface area contributed by atoms with Gasteiger partial charge in [0.25, 0.3) is 0 Å². The van der Waals surface area contributed by atoms with Crippen molar-refractivity contribution >= 4 is 22.7 Å². The van der Waals surface area contributed by atoms with Crippen LogP contribution in [-0.2, 0) is 12.3 Å². The summed E-state index contributed by atoms with van der Waals surface area (Å²) in [5.74, 6) is 1.40. The van der Waals surface area contributed by atoms with Crippen LogP contribution < -0.4 is 0 Å². The van der Waals surface area contributed by atoms with Crippen molar-refractivity contribution in [2.24, 2.45) is 5.92 Å². The van der Waals surface area contributed by atoms with Crippen molar-refractivity contribution in [1.29, 1.82) is 0 Å². The van der Waals surface area contributed by atoms with Crippen LogP contribution in [-0.4, -0.2) is 19.7 Å². The van der Waals surface area contributed by atoms with E-state index in [2.05, 4.69) is 47.2 Å². The Balaban J connectivity index is 1.67. The first-order valence-corrected chi connectivity index (χ1v) is 10.3. The minimum absolute atomic E-state index is 0.283. The van der Waals surface area contributed by atoms with Crippen molar-refractivity contribution in [3.8, 4) is 11.4 Å². The molecule has 142 valence electrons. The average molecular weight is 393 g/mol. The second-order valence-electron chi connectivity index (χ2n) is 7.07. The van der Waals surface area contributed by atoms with Crippen molar-refractivity contribution in [2.75, 3.05) is 0 Å². The highest BCUT2D eigenvalue weighted by molar-refractivity contribution is 7.98. The van der Waals surface area contributed by atoms with Crippen molar-refractivity contribution in [3.05, 3.63) is 72.2 Å². The second-order valence-corrected chi connectivity index (χ2v) is 8.01. The molecule has 0 aliphatic carbocycles. The molecule has 4 aromatic rings. The van der Waals surface area contributed by atoms with E-state index in [0.717, 1.165) is 33.9 Å². The van der Waals surface area contributed by atoms with Crippen LogP contribution in [0.3, 0.4) is 0 Å². The van der Waals surface area contributed by atoms with Gasteiger partial charge >= 0.3 is 0 Å². The number of nitrogens with zero attached hydrogens (tertiary/aromatic N) is 4. The highest BCUT2D eigenvalue weighted by atomic mass is 32.2. The fourth-order valence-electron chi connectivity index (χ4n) is 3.19. The number of para-hydroxylation sites is 1. The zero-order valence-electron chi connectivity index (χ0n) is 15.8. The summed E-state index contributed by atoms with van der Waals surface area (Å²) in [7, 11) is 0. The van der Waals surface area contributed by atoms with E-state index in [9.17, 15) is 4.39 Å². The Bertz CT molecular complexity index is 1100. The van der Waals surface area contributed by atoms with Gasteiger partial charge in [0.15, 0.2) is 11.0 Å². The maximum Gasteiger partial charge on any atom is 0.191 e. The number of fused-ring (bicyclic) bond motifs is 1. The van der Waals surface area contributed by atoms with Crippen molar-refractivity contribution in [3.63, 3.8) is 0 Å². The zero-order chi connectivity index (χ0) is 19.5. The average Bonchev–Trinajstić information content (AvgIpc) is 3.08. The predicted octanol–water partition coefficient (Wildman–Crippen LogP) is 5.58. The third-order valence-electron chi connectivity index (χ3n) is 4.45. The predicted molar refractivity (Wildman–Crippen MR) is 112 cm³/mol. The van der Waals surface area contributed by atoms with Gasteiger partial charge in [-0.05, 0) is 29.7 Å². The number of thioether (sulfide) groups is 1. The smallest absolute Gasteiger partial charge is 0.191 e. The molecule has 28 heavy (non-hydrogen) atoms. The maximum atomic E-state index is 14.3. The molecule has 0 saturated heterocycles. The van der Waals surface area contributed by atoms with E-state index >= 15 is 0 Å². The van der Waals surface area contributed by atoms with Gasteiger partial charge in [-0.3, -0.25) is 4.98 Å². The lowest BCUT2D eigenvalue weighted by Gasteiger charge is -2.13. The fourth-order valence-corrected chi connectivity index (χ4v) is 4.13. The lowest BCUT2D eigenvalue weighted by atomic mass is 10.1. The molecule has 2 aromatic carbocycles. The summed E-state index contributed by atoms with van der Waals surface area (Å²) in [4.78, 5) is 4.52. The van der Waals surface area contributed by atoms with Gasteiger partial charge in [0.1, 0.15) is 5.82 Å². The number of rotatable bonds is 6. The van der Waals surface area contributed by atoms with Crippen molar-refractivity contribution in [1.82, 2.24) is 19.7 Å². The normalized spacial score (nSPS) is 11.4. The second kappa shape index (κ2) is 8.10. The van der Waals surface area contributed by atoms with Gasteiger partial charge in [-0.25, -0.2) is 4.39 Å². The molecule has 0 N–H and O–H groups in total. The Morgan fingerprint density at radius 2 is 1.82 bits per heavy atom. The minimum atomic E-state index is -0.283. The summed E-state index contributed by atoms with van der Waals surface area (Å²) in [5, 5.41) is 10.6. The summed E-state index contributed by atoms with van der Waals surface area (Å²) < 4.78 is 16.4. The van der Waals surface area contributed by atoms with E-state index < -0.39 is 0 Å². The lowest BCUT2D eigenvalue weighted by molar-refractivity contribution is 0.496. The van der Waals surface area contributed by atoms with Crippen LogP contribution in [0.2, 0.25) is 0 Å². The van der Waals surface area contributed by atoms with Crippen molar-refractivity contribution < 1.29 is 4.39 Å². The van der Waals surface area contributed by atoms with E-state index in [1.54, 1.807) is 23.9 Å². The topological polar surface area (TPSA) is 43.6 Å². The largest absolute Gasteiger partial charge is 0.302 e. The Kier molecular flexibility index (Phi) is 5.39. The molecule has 4 nitrogen and oxygen atoms in total. The monoisotopic (exact) mass is 392 g/mol. The van der Waals surface area contributed by atoms with Gasteiger partial charge in [-0.2, -0.15) is 0 Å². The molecule has 0 aliphatic rings. The van der Waals surface area contributed by atoms with E-state index in [1.807, 2.05) is 29.0 Å². The number of hydrogen-bond acceptors (Lipinski definition) is 4. The van der Waals surface area contributed by atoms with Crippen LogP contribution >= 0.6 is 11.8 Å². The molecule has 0 spiro atoms.